The van der Waals surface area contributed by atoms with Crippen LogP contribution in [0.2, 0.25) is 5.02 Å². The molecule has 0 spiro atoms. The number of fused-ring (bicyclic) bond motifs is 1. The van der Waals surface area contributed by atoms with Crippen molar-refractivity contribution in [3.63, 3.8) is 0 Å². The topological polar surface area (TPSA) is 81.8 Å². The Morgan fingerprint density at radius 2 is 2.17 bits per heavy atom. The van der Waals surface area contributed by atoms with Gasteiger partial charge in [0.1, 0.15) is 13.2 Å². The summed E-state index contributed by atoms with van der Waals surface area (Å²) in [5.41, 5.74) is 7.82. The minimum Gasteiger partial charge on any atom is -0.486 e. The van der Waals surface area contributed by atoms with E-state index in [-0.39, 0.29) is 0 Å². The summed E-state index contributed by atoms with van der Waals surface area (Å²) in [7, 11) is 0. The molecule has 1 aromatic heterocycles. The lowest BCUT2D eigenvalue weighted by Gasteiger charge is -2.20. The number of hydrogen-bond acceptors (Lipinski definition) is 4. The second-order valence-corrected chi connectivity index (χ2v) is 5.71. The number of benzene rings is 1. The number of ether oxygens (including phenoxy) is 2. The molecule has 3 rings (SSSR count). The van der Waals surface area contributed by atoms with Crippen LogP contribution in [0, 0.1) is 0 Å². The highest BCUT2D eigenvalue weighted by Crippen LogP contribution is 2.38. The van der Waals surface area contributed by atoms with Gasteiger partial charge in [0.05, 0.1) is 11.6 Å². The second kappa shape index (κ2) is 7.88. The Morgan fingerprint density at radius 3 is 3.00 bits per heavy atom. The van der Waals surface area contributed by atoms with Crippen LogP contribution in [0.25, 0.3) is 0 Å². The third-order valence-electron chi connectivity index (χ3n) is 3.50. The summed E-state index contributed by atoms with van der Waals surface area (Å²) in [6.45, 7) is 2.12. The standard InChI is InChI=1S/C17H19ClN4O2/c18-14-9-12(10-15-16(14)24-8-7-23-15)11-22-17(19)21-6-4-13-3-1-2-5-20-13/h1-3,5,9-10H,4,6-8,11H2,(H3,19,21,22). The van der Waals surface area contributed by atoms with Gasteiger partial charge in [-0.15, -0.1) is 0 Å². The largest absolute Gasteiger partial charge is 0.486 e. The first-order chi connectivity index (χ1) is 11.7. The molecule has 1 aromatic carbocycles. The normalized spacial score (nSPS) is 13.6. The van der Waals surface area contributed by atoms with Crippen molar-refractivity contribution in [3.8, 4) is 11.5 Å². The Morgan fingerprint density at radius 1 is 1.29 bits per heavy atom. The molecule has 2 aromatic rings. The Bertz CT molecular complexity index is 722. The molecule has 3 N–H and O–H groups in total. The van der Waals surface area contributed by atoms with E-state index >= 15 is 0 Å². The maximum absolute atomic E-state index is 6.21. The van der Waals surface area contributed by atoms with Crippen LogP contribution >= 0.6 is 11.6 Å². The van der Waals surface area contributed by atoms with Gasteiger partial charge in [0.15, 0.2) is 17.5 Å². The lowest BCUT2D eigenvalue weighted by molar-refractivity contribution is 0.171. The number of halogens is 1. The van der Waals surface area contributed by atoms with Crippen molar-refractivity contribution in [2.45, 2.75) is 13.0 Å². The molecule has 0 amide bonds. The number of nitrogens with one attached hydrogen (secondary N) is 1. The third kappa shape index (κ3) is 4.29. The van der Waals surface area contributed by atoms with E-state index in [1.54, 1.807) is 6.20 Å². The summed E-state index contributed by atoms with van der Waals surface area (Å²) < 4.78 is 11.0. The summed E-state index contributed by atoms with van der Waals surface area (Å²) in [5, 5.41) is 3.60. The molecule has 0 radical (unpaired) electrons. The minimum absolute atomic E-state index is 0.386. The lowest BCUT2D eigenvalue weighted by Crippen LogP contribution is -2.33. The summed E-state index contributed by atoms with van der Waals surface area (Å²) in [4.78, 5) is 8.58. The molecular weight excluding hydrogens is 328 g/mol. The van der Waals surface area contributed by atoms with Crippen molar-refractivity contribution in [2.24, 2.45) is 10.7 Å². The van der Waals surface area contributed by atoms with Crippen LogP contribution in [0.4, 0.5) is 0 Å². The average molecular weight is 347 g/mol. The molecule has 0 fully saturated rings. The molecule has 0 aliphatic carbocycles. The molecule has 1 aliphatic heterocycles. The van der Waals surface area contributed by atoms with Gasteiger partial charge >= 0.3 is 0 Å². The smallest absolute Gasteiger partial charge is 0.188 e. The second-order valence-electron chi connectivity index (χ2n) is 5.30. The van der Waals surface area contributed by atoms with Crippen LogP contribution in [0.5, 0.6) is 11.5 Å². The van der Waals surface area contributed by atoms with Gasteiger partial charge in [-0.25, -0.2) is 4.99 Å². The molecular formula is C17H19ClN4O2. The third-order valence-corrected chi connectivity index (χ3v) is 3.78. The first kappa shape index (κ1) is 16.4. The van der Waals surface area contributed by atoms with Crippen LogP contribution in [0.15, 0.2) is 41.5 Å². The van der Waals surface area contributed by atoms with E-state index in [1.807, 2.05) is 30.3 Å². The van der Waals surface area contributed by atoms with Crippen LogP contribution in [-0.2, 0) is 13.0 Å². The average Bonchev–Trinajstić information content (AvgIpc) is 2.61. The number of aliphatic imine (C=N–C) groups is 1. The maximum Gasteiger partial charge on any atom is 0.188 e. The number of pyridine rings is 1. The van der Waals surface area contributed by atoms with Crippen molar-refractivity contribution >= 4 is 17.6 Å². The number of guanidine groups is 1. The highest BCUT2D eigenvalue weighted by molar-refractivity contribution is 6.32. The van der Waals surface area contributed by atoms with Crippen molar-refractivity contribution < 1.29 is 9.47 Å². The number of nitrogens with two attached hydrogens (primary N) is 1. The number of hydrogen-bond donors (Lipinski definition) is 2. The first-order valence-corrected chi connectivity index (χ1v) is 8.12. The number of nitrogens with zero attached hydrogens (tertiary/aromatic N) is 2. The molecule has 6 nitrogen and oxygen atoms in total. The highest BCUT2D eigenvalue weighted by atomic mass is 35.5. The molecule has 2 heterocycles. The van der Waals surface area contributed by atoms with E-state index in [2.05, 4.69) is 15.3 Å². The maximum atomic E-state index is 6.21. The highest BCUT2D eigenvalue weighted by Gasteiger charge is 2.16. The van der Waals surface area contributed by atoms with Gasteiger partial charge in [-0.1, -0.05) is 17.7 Å². The van der Waals surface area contributed by atoms with Crippen molar-refractivity contribution in [2.75, 3.05) is 19.8 Å². The van der Waals surface area contributed by atoms with E-state index in [9.17, 15) is 0 Å². The first-order valence-electron chi connectivity index (χ1n) is 7.74. The predicted octanol–water partition coefficient (Wildman–Crippen LogP) is 2.15. The lowest BCUT2D eigenvalue weighted by atomic mass is 10.2. The van der Waals surface area contributed by atoms with E-state index in [1.165, 1.54) is 0 Å². The quantitative estimate of drug-likeness (QED) is 0.640. The number of aromatic nitrogens is 1. The van der Waals surface area contributed by atoms with Gasteiger partial charge in [-0.2, -0.15) is 0 Å². The molecule has 0 saturated heterocycles. The van der Waals surface area contributed by atoms with Crippen LogP contribution in [-0.4, -0.2) is 30.7 Å². The minimum atomic E-state index is 0.386. The summed E-state index contributed by atoms with van der Waals surface area (Å²) >= 11 is 6.21. The fraction of sp³-hybridized carbons (Fsp3) is 0.294. The summed E-state index contributed by atoms with van der Waals surface area (Å²) in [6.07, 6.45) is 2.56. The van der Waals surface area contributed by atoms with Gasteiger partial charge in [0.2, 0.25) is 0 Å². The fourth-order valence-electron chi connectivity index (χ4n) is 2.35. The zero-order valence-corrected chi connectivity index (χ0v) is 13.9. The molecule has 1 aliphatic rings. The summed E-state index contributed by atoms with van der Waals surface area (Å²) in [5.74, 6) is 1.63. The van der Waals surface area contributed by atoms with Crippen LogP contribution in [0.3, 0.4) is 0 Å². The van der Waals surface area contributed by atoms with E-state index < -0.39 is 0 Å². The zero-order chi connectivity index (χ0) is 16.8. The fourth-order valence-corrected chi connectivity index (χ4v) is 2.64. The molecule has 24 heavy (non-hydrogen) atoms. The van der Waals surface area contributed by atoms with Gasteiger partial charge < -0.3 is 20.5 Å². The zero-order valence-electron chi connectivity index (χ0n) is 13.2. The van der Waals surface area contributed by atoms with Crippen LogP contribution < -0.4 is 20.5 Å². The van der Waals surface area contributed by atoms with Gasteiger partial charge in [-0.3, -0.25) is 4.98 Å². The van der Waals surface area contributed by atoms with Gasteiger partial charge in [0.25, 0.3) is 0 Å². The molecule has 0 atom stereocenters. The summed E-state index contributed by atoms with van der Waals surface area (Å²) in [6, 6.07) is 9.54. The van der Waals surface area contributed by atoms with Crippen molar-refractivity contribution in [1.29, 1.82) is 0 Å². The molecule has 0 bridgehead atoms. The Balaban J connectivity index is 1.54. The Kier molecular flexibility index (Phi) is 5.38. The van der Waals surface area contributed by atoms with E-state index in [0.717, 1.165) is 17.7 Å². The SMILES string of the molecule is NC(=NCc1cc(Cl)c2c(c1)OCCO2)NCCc1ccccn1. The monoisotopic (exact) mass is 346 g/mol. The van der Waals surface area contributed by atoms with Crippen molar-refractivity contribution in [1.82, 2.24) is 10.3 Å². The van der Waals surface area contributed by atoms with Gasteiger partial charge in [-0.05, 0) is 29.8 Å². The van der Waals surface area contributed by atoms with Crippen molar-refractivity contribution in [3.05, 3.63) is 52.8 Å². The van der Waals surface area contributed by atoms with E-state index in [0.29, 0.717) is 48.8 Å². The Hall–Kier alpha value is -2.47. The number of rotatable bonds is 5. The molecule has 126 valence electrons. The van der Waals surface area contributed by atoms with E-state index in [4.69, 9.17) is 26.8 Å². The Labute approximate surface area is 145 Å². The molecule has 7 heteroatoms. The van der Waals surface area contributed by atoms with Gasteiger partial charge in [0, 0.05) is 24.9 Å². The predicted molar refractivity (Wildman–Crippen MR) is 93.7 cm³/mol. The molecule has 0 unspecified atom stereocenters. The molecule has 0 saturated carbocycles. The van der Waals surface area contributed by atoms with Crippen LogP contribution in [0.1, 0.15) is 11.3 Å².